The van der Waals surface area contributed by atoms with Crippen molar-refractivity contribution < 1.29 is 14.3 Å². The number of carbonyl (C=O) groups excluding carboxylic acids is 1. The van der Waals surface area contributed by atoms with Gasteiger partial charge in [0.2, 0.25) is 6.41 Å². The number of anilines is 2. The molecule has 0 aliphatic heterocycles. The molecule has 0 fully saturated rings. The molecule has 1 heterocycles. The van der Waals surface area contributed by atoms with Crippen molar-refractivity contribution in [2.75, 3.05) is 50.6 Å². The molecule has 0 spiro atoms. The zero-order chi connectivity index (χ0) is 25.4. The maximum absolute atomic E-state index is 11.0. The maximum Gasteiger partial charge on any atom is 0.269 e. The fourth-order valence-electron chi connectivity index (χ4n) is 3.69. The predicted octanol–water partition coefficient (Wildman–Crippen LogP) is 5.43. The summed E-state index contributed by atoms with van der Waals surface area (Å²) in [4.78, 5) is 16.6. The van der Waals surface area contributed by atoms with Crippen molar-refractivity contribution in [3.8, 4) is 11.5 Å². The highest BCUT2D eigenvalue weighted by atomic mass is 32.1. The van der Waals surface area contributed by atoms with Gasteiger partial charge in [0, 0.05) is 55.9 Å². The fourth-order valence-corrected chi connectivity index (χ4v) is 4.58. The topological polar surface area (TPSA) is 45.3 Å². The molecule has 0 radical (unpaired) electrons. The molecule has 0 bridgehead atoms. The summed E-state index contributed by atoms with van der Waals surface area (Å²) in [5.74, 6) is 1.44. The number of ether oxygens (including phenoxy) is 2. The van der Waals surface area contributed by atoms with Gasteiger partial charge in [-0.05, 0) is 53.5 Å². The van der Waals surface area contributed by atoms with Gasteiger partial charge in [-0.3, -0.25) is 4.79 Å². The molecule has 1 aromatic heterocycles. The number of hydrogen-bond donors (Lipinski definition) is 0. The molecule has 0 N–H and O–H groups in total. The molecule has 0 saturated carbocycles. The Kier molecular flexibility index (Phi) is 9.12. The van der Waals surface area contributed by atoms with Crippen LogP contribution in [0.1, 0.15) is 19.4 Å². The molecule has 35 heavy (non-hydrogen) atoms. The van der Waals surface area contributed by atoms with Crippen LogP contribution in [0.4, 0.5) is 11.4 Å². The standard InChI is InChI=1S/C27H33N3O3S2/c1-27(2,19-28(3)20-31)21-9-11-24(12-10-21)33-26(34)30(5)22-7-6-8-25(17-22)32-15-14-29(4)23-13-16-35-18-23/h6-13,16-18,20H,14-15,19H2,1-5H3. The maximum atomic E-state index is 11.0. The van der Waals surface area contributed by atoms with Crippen molar-refractivity contribution >= 4 is 46.5 Å². The van der Waals surface area contributed by atoms with Crippen molar-refractivity contribution in [3.05, 3.63) is 70.9 Å². The van der Waals surface area contributed by atoms with Crippen molar-refractivity contribution in [3.63, 3.8) is 0 Å². The van der Waals surface area contributed by atoms with Crippen LogP contribution in [-0.4, -0.2) is 57.3 Å². The summed E-state index contributed by atoms with van der Waals surface area (Å²) in [7, 11) is 5.71. The van der Waals surface area contributed by atoms with E-state index in [1.54, 1.807) is 23.3 Å². The smallest absolute Gasteiger partial charge is 0.269 e. The number of thiophene rings is 1. The largest absolute Gasteiger partial charge is 0.492 e. The highest BCUT2D eigenvalue weighted by Crippen LogP contribution is 2.27. The molecule has 0 unspecified atom stereocenters. The number of nitrogens with zero attached hydrogens (tertiary/aromatic N) is 3. The van der Waals surface area contributed by atoms with E-state index in [1.807, 2.05) is 60.5 Å². The second-order valence-corrected chi connectivity index (χ2v) is 10.2. The Hall–Kier alpha value is -3.10. The van der Waals surface area contributed by atoms with E-state index >= 15 is 0 Å². The van der Waals surface area contributed by atoms with Gasteiger partial charge in [0.15, 0.2) is 0 Å². The van der Waals surface area contributed by atoms with Crippen LogP contribution in [0, 0.1) is 0 Å². The molecule has 3 aromatic rings. The lowest BCUT2D eigenvalue weighted by atomic mass is 9.84. The molecule has 0 aliphatic rings. The van der Waals surface area contributed by atoms with Gasteiger partial charge in [-0.2, -0.15) is 11.3 Å². The van der Waals surface area contributed by atoms with Gasteiger partial charge in [-0.15, -0.1) is 0 Å². The molecule has 2 aromatic carbocycles. The number of likely N-dealkylation sites (N-methyl/N-ethyl adjacent to an activating group) is 2. The van der Waals surface area contributed by atoms with Crippen molar-refractivity contribution in [2.24, 2.45) is 0 Å². The molecule has 3 rings (SSSR count). The van der Waals surface area contributed by atoms with Gasteiger partial charge < -0.3 is 24.2 Å². The SMILES string of the molecule is CN(C=O)CC(C)(C)c1ccc(OC(=S)N(C)c2cccc(OCCN(C)c3ccsc3)c2)cc1. The van der Waals surface area contributed by atoms with E-state index < -0.39 is 0 Å². The van der Waals surface area contributed by atoms with Crippen LogP contribution in [0.2, 0.25) is 0 Å². The first-order chi connectivity index (χ1) is 16.7. The van der Waals surface area contributed by atoms with Gasteiger partial charge in [-0.1, -0.05) is 32.0 Å². The van der Waals surface area contributed by atoms with E-state index in [-0.39, 0.29) is 5.41 Å². The van der Waals surface area contributed by atoms with E-state index in [4.69, 9.17) is 21.7 Å². The van der Waals surface area contributed by atoms with Gasteiger partial charge in [0.1, 0.15) is 18.1 Å². The Morgan fingerprint density at radius 2 is 1.77 bits per heavy atom. The molecule has 0 aliphatic carbocycles. The van der Waals surface area contributed by atoms with E-state index in [2.05, 4.69) is 42.6 Å². The third kappa shape index (κ3) is 7.44. The number of rotatable bonds is 11. The minimum Gasteiger partial charge on any atom is -0.492 e. The Morgan fingerprint density at radius 3 is 2.43 bits per heavy atom. The quantitative estimate of drug-likeness (QED) is 0.253. The molecule has 6 nitrogen and oxygen atoms in total. The van der Waals surface area contributed by atoms with Crippen LogP contribution in [-0.2, 0) is 10.2 Å². The highest BCUT2D eigenvalue weighted by molar-refractivity contribution is 7.80. The van der Waals surface area contributed by atoms with Crippen molar-refractivity contribution in [2.45, 2.75) is 19.3 Å². The summed E-state index contributed by atoms with van der Waals surface area (Å²) in [5.41, 5.74) is 3.02. The van der Waals surface area contributed by atoms with E-state index in [1.165, 1.54) is 5.69 Å². The van der Waals surface area contributed by atoms with Crippen LogP contribution in [0.25, 0.3) is 0 Å². The fraction of sp³-hybridized carbons (Fsp3) is 0.333. The number of benzene rings is 2. The summed E-state index contributed by atoms with van der Waals surface area (Å²) in [6.07, 6.45) is 0.844. The second kappa shape index (κ2) is 12.0. The molecule has 1 amide bonds. The highest BCUT2D eigenvalue weighted by Gasteiger charge is 2.22. The molecular formula is C27H33N3O3S2. The van der Waals surface area contributed by atoms with E-state index in [0.29, 0.717) is 24.1 Å². The van der Waals surface area contributed by atoms with Crippen LogP contribution < -0.4 is 19.3 Å². The molecule has 186 valence electrons. The molecule has 0 atom stereocenters. The second-order valence-electron chi connectivity index (χ2n) is 9.10. The number of thiocarbonyl (C=S) groups is 1. The number of amides is 1. The monoisotopic (exact) mass is 511 g/mol. The van der Waals surface area contributed by atoms with Crippen molar-refractivity contribution in [1.29, 1.82) is 0 Å². The van der Waals surface area contributed by atoms with E-state index in [0.717, 1.165) is 30.0 Å². The lowest BCUT2D eigenvalue weighted by Crippen LogP contribution is -2.33. The first-order valence-electron chi connectivity index (χ1n) is 11.4. The molecular weight excluding hydrogens is 478 g/mol. The van der Waals surface area contributed by atoms with Crippen LogP contribution in [0.5, 0.6) is 11.5 Å². The summed E-state index contributed by atoms with van der Waals surface area (Å²) in [5, 5.41) is 4.53. The zero-order valence-electron chi connectivity index (χ0n) is 20.9. The summed E-state index contributed by atoms with van der Waals surface area (Å²) in [6.45, 7) is 6.20. The first kappa shape index (κ1) is 26.5. The third-order valence-electron chi connectivity index (χ3n) is 5.79. The Morgan fingerprint density at radius 1 is 1.03 bits per heavy atom. The van der Waals surface area contributed by atoms with Gasteiger partial charge in [0.25, 0.3) is 5.17 Å². The normalized spacial score (nSPS) is 11.0. The lowest BCUT2D eigenvalue weighted by molar-refractivity contribution is -0.117. The summed E-state index contributed by atoms with van der Waals surface area (Å²) in [6, 6.07) is 17.7. The minimum absolute atomic E-state index is 0.176. The first-order valence-corrected chi connectivity index (χ1v) is 12.7. The average molecular weight is 512 g/mol. The van der Waals surface area contributed by atoms with Gasteiger partial charge in [0.05, 0.1) is 6.54 Å². The van der Waals surface area contributed by atoms with Crippen LogP contribution in [0.3, 0.4) is 0 Å². The molecule has 8 heteroatoms. The Labute approximate surface area is 217 Å². The summed E-state index contributed by atoms with van der Waals surface area (Å²) < 4.78 is 11.9. The average Bonchev–Trinajstić information content (AvgIpc) is 3.39. The number of hydrogen-bond acceptors (Lipinski definition) is 6. The third-order valence-corrected chi connectivity index (χ3v) is 6.81. The minimum atomic E-state index is -0.176. The lowest BCUT2D eigenvalue weighted by Gasteiger charge is -2.29. The molecule has 0 saturated heterocycles. The Bertz CT molecular complexity index is 1100. The zero-order valence-corrected chi connectivity index (χ0v) is 22.6. The van der Waals surface area contributed by atoms with Gasteiger partial charge in [-0.25, -0.2) is 0 Å². The van der Waals surface area contributed by atoms with Crippen LogP contribution >= 0.6 is 23.6 Å². The van der Waals surface area contributed by atoms with Crippen molar-refractivity contribution in [1.82, 2.24) is 4.90 Å². The summed E-state index contributed by atoms with van der Waals surface area (Å²) >= 11 is 7.23. The van der Waals surface area contributed by atoms with Crippen LogP contribution in [0.15, 0.2) is 65.4 Å². The Balaban J connectivity index is 1.56. The number of carbonyl (C=O) groups is 1. The predicted molar refractivity (Wildman–Crippen MR) is 149 cm³/mol. The van der Waals surface area contributed by atoms with E-state index in [9.17, 15) is 4.79 Å². The van der Waals surface area contributed by atoms with Gasteiger partial charge >= 0.3 is 0 Å².